The zero-order chi connectivity index (χ0) is 19.3. The zero-order valence-corrected chi connectivity index (χ0v) is 19.7. The Labute approximate surface area is 190 Å². The number of hydrogen-bond donors (Lipinski definition) is 2. The minimum Gasteiger partial charge on any atom is -0.372 e. The zero-order valence-electron chi connectivity index (χ0n) is 17.3. The number of rotatable bonds is 4. The van der Waals surface area contributed by atoms with Crippen LogP contribution in [0.2, 0.25) is 0 Å². The number of aromatic nitrogens is 3. The summed E-state index contributed by atoms with van der Waals surface area (Å²) in [6.45, 7) is 6.29. The van der Waals surface area contributed by atoms with Crippen molar-refractivity contribution in [2.75, 3.05) is 25.0 Å². The Kier molecular flexibility index (Phi) is 7.74. The van der Waals surface area contributed by atoms with Gasteiger partial charge in [-0.05, 0) is 42.9 Å². The summed E-state index contributed by atoms with van der Waals surface area (Å²) < 4.78 is 1.98. The summed E-state index contributed by atoms with van der Waals surface area (Å²) in [5, 5.41) is 11.2. The molecule has 0 aliphatic carbocycles. The van der Waals surface area contributed by atoms with E-state index in [1.165, 1.54) is 37.2 Å². The largest absolute Gasteiger partial charge is 0.372 e. The fourth-order valence-electron chi connectivity index (χ4n) is 4.02. The standard InChI is InChI=1S/C21H31N7.HI/c1-16-9-11-27(12-10-16)19-6-3-17(4-7-19)13-23-21(22-2)26-18-5-8-20-24-15-25-28(20)14-18;/h3-4,6-7,15-16,18H,5,8-14H2,1-2H3,(H2,22,23,26);1H. The number of benzene rings is 1. The maximum Gasteiger partial charge on any atom is 0.191 e. The number of piperidine rings is 1. The Morgan fingerprint density at radius 1 is 1.17 bits per heavy atom. The molecule has 0 spiro atoms. The van der Waals surface area contributed by atoms with Gasteiger partial charge in [-0.3, -0.25) is 4.99 Å². The topological polar surface area (TPSA) is 70.4 Å². The Morgan fingerprint density at radius 2 is 1.93 bits per heavy atom. The average molecular weight is 509 g/mol. The van der Waals surface area contributed by atoms with Gasteiger partial charge in [0.25, 0.3) is 0 Å². The Hall–Kier alpha value is -1.84. The van der Waals surface area contributed by atoms with Gasteiger partial charge in [0.1, 0.15) is 12.2 Å². The van der Waals surface area contributed by atoms with Crippen molar-refractivity contribution in [1.29, 1.82) is 0 Å². The van der Waals surface area contributed by atoms with Gasteiger partial charge in [-0.1, -0.05) is 19.1 Å². The quantitative estimate of drug-likeness (QED) is 0.377. The monoisotopic (exact) mass is 509 g/mol. The third-order valence-electron chi connectivity index (χ3n) is 5.91. The van der Waals surface area contributed by atoms with E-state index in [0.29, 0.717) is 6.04 Å². The lowest BCUT2D eigenvalue weighted by atomic mass is 9.99. The third-order valence-corrected chi connectivity index (χ3v) is 5.91. The fraction of sp³-hybridized carbons (Fsp3) is 0.571. The number of guanidine groups is 1. The molecule has 7 nitrogen and oxygen atoms in total. The van der Waals surface area contributed by atoms with Gasteiger partial charge in [0, 0.05) is 44.8 Å². The molecule has 29 heavy (non-hydrogen) atoms. The normalized spacial score (nSPS) is 20.0. The van der Waals surface area contributed by atoms with E-state index in [4.69, 9.17) is 0 Å². The van der Waals surface area contributed by atoms with Crippen molar-refractivity contribution in [3.8, 4) is 0 Å². The second-order valence-corrected chi connectivity index (χ2v) is 8.00. The molecule has 0 radical (unpaired) electrons. The molecule has 4 rings (SSSR count). The minimum atomic E-state index is 0. The maximum atomic E-state index is 4.38. The lowest BCUT2D eigenvalue weighted by Gasteiger charge is -2.32. The Morgan fingerprint density at radius 3 is 2.66 bits per heavy atom. The van der Waals surface area contributed by atoms with E-state index in [1.54, 1.807) is 6.33 Å². The highest BCUT2D eigenvalue weighted by atomic mass is 127. The molecule has 1 aromatic carbocycles. The molecular weight excluding hydrogens is 477 g/mol. The minimum absolute atomic E-state index is 0. The van der Waals surface area contributed by atoms with E-state index in [-0.39, 0.29) is 24.0 Å². The number of aliphatic imine (C=N–C) groups is 1. The lowest BCUT2D eigenvalue weighted by molar-refractivity contribution is 0.392. The van der Waals surface area contributed by atoms with Crippen LogP contribution in [0.1, 0.15) is 37.6 Å². The summed E-state index contributed by atoms with van der Waals surface area (Å²) in [6.07, 6.45) is 6.22. The van der Waals surface area contributed by atoms with E-state index in [0.717, 1.165) is 43.6 Å². The van der Waals surface area contributed by atoms with E-state index in [1.807, 2.05) is 11.7 Å². The molecule has 3 heterocycles. The summed E-state index contributed by atoms with van der Waals surface area (Å²) in [4.78, 5) is 11.2. The molecule has 158 valence electrons. The molecule has 1 aromatic heterocycles. The molecule has 2 aliphatic heterocycles. The Balaban J connectivity index is 0.00000240. The molecule has 0 saturated carbocycles. The first-order valence-corrected chi connectivity index (χ1v) is 10.4. The highest BCUT2D eigenvalue weighted by Gasteiger charge is 2.20. The van der Waals surface area contributed by atoms with Gasteiger partial charge < -0.3 is 15.5 Å². The molecular formula is C21H32IN7. The van der Waals surface area contributed by atoms with Crippen LogP contribution < -0.4 is 15.5 Å². The smallest absolute Gasteiger partial charge is 0.191 e. The molecule has 8 heteroatoms. The molecule has 1 saturated heterocycles. The van der Waals surface area contributed by atoms with Crippen molar-refractivity contribution in [1.82, 2.24) is 25.4 Å². The summed E-state index contributed by atoms with van der Waals surface area (Å²) in [5.41, 5.74) is 2.60. The number of hydrogen-bond acceptors (Lipinski definition) is 4. The predicted molar refractivity (Wildman–Crippen MR) is 128 cm³/mol. The summed E-state index contributed by atoms with van der Waals surface area (Å²) in [5.74, 6) is 2.77. The van der Waals surface area contributed by atoms with Crippen LogP contribution in [0.5, 0.6) is 0 Å². The van der Waals surface area contributed by atoms with Gasteiger partial charge in [-0.2, -0.15) is 5.10 Å². The first kappa shape index (κ1) is 21.9. The van der Waals surface area contributed by atoms with Crippen LogP contribution in [0.15, 0.2) is 35.6 Å². The Bertz CT molecular complexity index is 794. The van der Waals surface area contributed by atoms with Crippen LogP contribution in [-0.4, -0.2) is 46.9 Å². The van der Waals surface area contributed by atoms with Gasteiger partial charge in [-0.25, -0.2) is 9.67 Å². The second-order valence-electron chi connectivity index (χ2n) is 8.00. The molecule has 2 N–H and O–H groups in total. The lowest BCUT2D eigenvalue weighted by Crippen LogP contribution is -2.46. The SMILES string of the molecule is CN=C(NCc1ccc(N2CCC(C)CC2)cc1)NC1CCc2ncnn2C1.I. The van der Waals surface area contributed by atoms with E-state index >= 15 is 0 Å². The van der Waals surface area contributed by atoms with Crippen molar-refractivity contribution in [3.63, 3.8) is 0 Å². The van der Waals surface area contributed by atoms with Crippen molar-refractivity contribution >= 4 is 35.6 Å². The summed E-state index contributed by atoms with van der Waals surface area (Å²) >= 11 is 0. The third kappa shape index (κ3) is 5.61. The van der Waals surface area contributed by atoms with Crippen molar-refractivity contribution in [3.05, 3.63) is 42.0 Å². The fourth-order valence-corrected chi connectivity index (χ4v) is 4.02. The van der Waals surface area contributed by atoms with Crippen molar-refractivity contribution in [2.45, 2.75) is 51.7 Å². The number of nitrogens with one attached hydrogen (secondary N) is 2. The maximum absolute atomic E-state index is 4.38. The van der Waals surface area contributed by atoms with Gasteiger partial charge in [0.2, 0.25) is 0 Å². The molecule has 0 amide bonds. The summed E-state index contributed by atoms with van der Waals surface area (Å²) in [7, 11) is 1.82. The van der Waals surface area contributed by atoms with Crippen LogP contribution in [0.4, 0.5) is 5.69 Å². The number of aryl methyl sites for hydroxylation is 1. The van der Waals surface area contributed by atoms with E-state index < -0.39 is 0 Å². The molecule has 0 bridgehead atoms. The van der Waals surface area contributed by atoms with Crippen molar-refractivity contribution < 1.29 is 0 Å². The van der Waals surface area contributed by atoms with Crippen LogP contribution in [-0.2, 0) is 19.5 Å². The highest BCUT2D eigenvalue weighted by molar-refractivity contribution is 14.0. The van der Waals surface area contributed by atoms with Gasteiger partial charge in [0.15, 0.2) is 5.96 Å². The number of fused-ring (bicyclic) bond motifs is 1. The number of anilines is 1. The predicted octanol–water partition coefficient (Wildman–Crippen LogP) is 2.81. The van der Waals surface area contributed by atoms with Crippen LogP contribution in [0.3, 0.4) is 0 Å². The van der Waals surface area contributed by atoms with Crippen molar-refractivity contribution in [2.24, 2.45) is 10.9 Å². The van der Waals surface area contributed by atoms with Crippen LogP contribution in [0.25, 0.3) is 0 Å². The first-order valence-electron chi connectivity index (χ1n) is 10.4. The number of nitrogens with zero attached hydrogens (tertiary/aromatic N) is 5. The first-order chi connectivity index (χ1) is 13.7. The van der Waals surface area contributed by atoms with Gasteiger partial charge in [0.05, 0.1) is 6.54 Å². The van der Waals surface area contributed by atoms with Gasteiger partial charge in [-0.15, -0.1) is 24.0 Å². The highest BCUT2D eigenvalue weighted by Crippen LogP contribution is 2.23. The van der Waals surface area contributed by atoms with E-state index in [9.17, 15) is 0 Å². The summed E-state index contributed by atoms with van der Waals surface area (Å²) in [6, 6.07) is 9.25. The van der Waals surface area contributed by atoms with Crippen LogP contribution >= 0.6 is 24.0 Å². The average Bonchev–Trinajstić information content (AvgIpc) is 3.20. The second kappa shape index (κ2) is 10.3. The molecule has 2 aliphatic rings. The molecule has 1 unspecified atom stereocenters. The van der Waals surface area contributed by atoms with Gasteiger partial charge >= 0.3 is 0 Å². The van der Waals surface area contributed by atoms with E-state index in [2.05, 4.69) is 61.8 Å². The number of halogens is 1. The molecule has 1 atom stereocenters. The molecule has 2 aromatic rings. The molecule has 1 fully saturated rings. The van der Waals surface area contributed by atoms with Crippen LogP contribution in [0, 0.1) is 5.92 Å².